The molecule has 0 N–H and O–H groups in total. The highest BCUT2D eigenvalue weighted by Crippen LogP contribution is 2.37. The number of benzene rings is 1. The van der Waals surface area contributed by atoms with E-state index in [-0.39, 0.29) is 17.1 Å². The minimum absolute atomic E-state index is 0.0828. The molecule has 3 unspecified atom stereocenters. The first-order valence-corrected chi connectivity index (χ1v) is 12.4. The van der Waals surface area contributed by atoms with Gasteiger partial charge in [-0.05, 0) is 35.8 Å². The van der Waals surface area contributed by atoms with Crippen LogP contribution in [0, 0.1) is 11.8 Å². The Labute approximate surface area is 161 Å². The van der Waals surface area contributed by atoms with Gasteiger partial charge in [0.25, 0.3) is 0 Å². The van der Waals surface area contributed by atoms with Crippen molar-refractivity contribution in [1.29, 1.82) is 0 Å². The van der Waals surface area contributed by atoms with Crippen LogP contribution in [0.25, 0.3) is 0 Å². The zero-order valence-corrected chi connectivity index (χ0v) is 19.0. The topological polar surface area (TPSA) is 27.7 Å². The molecule has 0 amide bonds. The smallest absolute Gasteiger partial charge is 0.191 e. The summed E-state index contributed by atoms with van der Waals surface area (Å²) in [7, 11) is -0.0733. The molecule has 0 aliphatic heterocycles. The van der Waals surface area contributed by atoms with Crippen molar-refractivity contribution in [2.75, 3.05) is 13.7 Å². The monoisotopic (exact) mass is 378 g/mol. The van der Waals surface area contributed by atoms with Crippen LogP contribution in [0.15, 0.2) is 36.9 Å². The Morgan fingerprint density at radius 2 is 1.69 bits per heavy atom. The first-order chi connectivity index (χ1) is 12.0. The Morgan fingerprint density at radius 1 is 1.12 bits per heavy atom. The number of ether oxygens (including phenoxy) is 2. The van der Waals surface area contributed by atoms with Crippen LogP contribution in [0.3, 0.4) is 0 Å². The van der Waals surface area contributed by atoms with E-state index < -0.39 is 8.32 Å². The van der Waals surface area contributed by atoms with E-state index in [1.54, 1.807) is 7.11 Å². The van der Waals surface area contributed by atoms with Gasteiger partial charge in [-0.3, -0.25) is 0 Å². The second kappa shape index (κ2) is 9.72. The van der Waals surface area contributed by atoms with Crippen molar-refractivity contribution in [3.05, 3.63) is 42.5 Å². The van der Waals surface area contributed by atoms with Crippen molar-refractivity contribution in [3.63, 3.8) is 0 Å². The van der Waals surface area contributed by atoms with E-state index in [2.05, 4.69) is 54.3 Å². The normalized spacial score (nSPS) is 16.0. The van der Waals surface area contributed by atoms with Gasteiger partial charge >= 0.3 is 0 Å². The molecule has 1 aromatic carbocycles. The molecule has 3 nitrogen and oxygen atoms in total. The van der Waals surface area contributed by atoms with E-state index >= 15 is 0 Å². The molecule has 1 aromatic rings. The fourth-order valence-electron chi connectivity index (χ4n) is 2.53. The number of methoxy groups -OCH3 is 1. The van der Waals surface area contributed by atoms with Crippen LogP contribution in [0.1, 0.15) is 40.2 Å². The van der Waals surface area contributed by atoms with Gasteiger partial charge in [-0.25, -0.2) is 0 Å². The summed E-state index contributed by atoms with van der Waals surface area (Å²) in [6, 6.07) is 8.03. The molecule has 0 aromatic heterocycles. The average Bonchev–Trinajstić information content (AvgIpc) is 2.59. The van der Waals surface area contributed by atoms with Gasteiger partial charge in [0.05, 0.1) is 19.8 Å². The third-order valence-corrected chi connectivity index (χ3v) is 10.1. The maximum Gasteiger partial charge on any atom is 0.191 e. The molecule has 0 heterocycles. The number of hydrogen-bond donors (Lipinski definition) is 0. The van der Waals surface area contributed by atoms with Crippen LogP contribution >= 0.6 is 0 Å². The average molecular weight is 379 g/mol. The Morgan fingerprint density at radius 3 is 2.15 bits per heavy atom. The van der Waals surface area contributed by atoms with Crippen molar-refractivity contribution >= 4 is 8.32 Å². The Bertz CT molecular complexity index is 546. The van der Waals surface area contributed by atoms with E-state index in [0.29, 0.717) is 12.5 Å². The Hall–Kier alpha value is -1.10. The van der Waals surface area contributed by atoms with Crippen LogP contribution in [0.5, 0.6) is 5.75 Å². The molecule has 0 aliphatic rings. The van der Waals surface area contributed by atoms with E-state index in [4.69, 9.17) is 13.9 Å². The predicted octanol–water partition coefficient (Wildman–Crippen LogP) is 6.06. The minimum atomic E-state index is -1.75. The first kappa shape index (κ1) is 22.9. The highest BCUT2D eigenvalue weighted by atomic mass is 28.4. The van der Waals surface area contributed by atoms with Crippen molar-refractivity contribution in [3.8, 4) is 5.75 Å². The molecule has 0 radical (unpaired) electrons. The van der Waals surface area contributed by atoms with Gasteiger partial charge in [-0.15, -0.1) is 6.58 Å². The summed E-state index contributed by atoms with van der Waals surface area (Å²) in [4.78, 5) is 0. The quantitative estimate of drug-likeness (QED) is 0.366. The summed E-state index contributed by atoms with van der Waals surface area (Å²) in [6.45, 7) is 21.0. The van der Waals surface area contributed by atoms with Gasteiger partial charge in [-0.2, -0.15) is 0 Å². The Balaban J connectivity index is 2.71. The lowest BCUT2D eigenvalue weighted by Crippen LogP contribution is -2.43. The first-order valence-electron chi connectivity index (χ1n) is 9.53. The molecule has 148 valence electrons. The maximum atomic E-state index is 6.42. The molecule has 0 bridgehead atoms. The summed E-state index contributed by atoms with van der Waals surface area (Å²) in [5, 5.41) is 0.218. The van der Waals surface area contributed by atoms with Gasteiger partial charge in [-0.1, -0.05) is 52.8 Å². The van der Waals surface area contributed by atoms with E-state index in [1.807, 2.05) is 30.3 Å². The second-order valence-corrected chi connectivity index (χ2v) is 13.6. The van der Waals surface area contributed by atoms with E-state index in [9.17, 15) is 0 Å². The third kappa shape index (κ3) is 6.56. The van der Waals surface area contributed by atoms with Crippen LogP contribution in [0.4, 0.5) is 0 Å². The molecule has 0 saturated heterocycles. The largest absolute Gasteiger partial charge is 0.497 e. The standard InChI is InChI=1S/C22H38O3Si/c1-10-17(2)21(18(3)15-25-26(8,9)22(4,5)6)24-16-19-11-13-20(23-7)14-12-19/h10-14,17-18,21H,1,15-16H2,2-9H3. The summed E-state index contributed by atoms with van der Waals surface area (Å²) < 4.78 is 17.9. The van der Waals surface area contributed by atoms with E-state index in [1.165, 1.54) is 0 Å². The molecule has 26 heavy (non-hydrogen) atoms. The third-order valence-electron chi connectivity index (χ3n) is 5.57. The lowest BCUT2D eigenvalue weighted by Gasteiger charge is -2.38. The summed E-state index contributed by atoms with van der Waals surface area (Å²) >= 11 is 0. The molecule has 4 heteroatoms. The van der Waals surface area contributed by atoms with Crippen molar-refractivity contribution in [1.82, 2.24) is 0 Å². The predicted molar refractivity (Wildman–Crippen MR) is 113 cm³/mol. The van der Waals surface area contributed by atoms with Crippen molar-refractivity contribution in [2.24, 2.45) is 11.8 Å². The van der Waals surface area contributed by atoms with E-state index in [0.717, 1.165) is 17.9 Å². The molecule has 1 rings (SSSR count). The SMILES string of the molecule is C=CC(C)C(OCc1ccc(OC)cc1)C(C)CO[Si](C)(C)C(C)(C)C. The minimum Gasteiger partial charge on any atom is -0.497 e. The second-order valence-electron chi connectivity index (χ2n) is 8.77. The van der Waals surface area contributed by atoms with Gasteiger partial charge in [0, 0.05) is 18.4 Å². The number of hydrogen-bond acceptors (Lipinski definition) is 3. The van der Waals surface area contributed by atoms with Crippen LogP contribution in [0.2, 0.25) is 18.1 Å². The lowest BCUT2D eigenvalue weighted by molar-refractivity contribution is -0.0292. The maximum absolute atomic E-state index is 6.42. The molecule has 3 atom stereocenters. The summed E-state index contributed by atoms with van der Waals surface area (Å²) in [6.07, 6.45) is 2.06. The van der Waals surface area contributed by atoms with Gasteiger partial charge in [0.15, 0.2) is 8.32 Å². The summed E-state index contributed by atoms with van der Waals surface area (Å²) in [5.74, 6) is 1.43. The molecule has 0 aliphatic carbocycles. The van der Waals surface area contributed by atoms with Crippen molar-refractivity contribution in [2.45, 2.75) is 65.5 Å². The fourth-order valence-corrected chi connectivity index (χ4v) is 3.65. The van der Waals surface area contributed by atoms with Crippen molar-refractivity contribution < 1.29 is 13.9 Å². The molecular weight excluding hydrogens is 340 g/mol. The van der Waals surface area contributed by atoms with Gasteiger partial charge in [0.2, 0.25) is 0 Å². The van der Waals surface area contributed by atoms with Gasteiger partial charge in [0.1, 0.15) is 5.75 Å². The fraction of sp³-hybridized carbons (Fsp3) is 0.636. The highest BCUT2D eigenvalue weighted by Gasteiger charge is 2.38. The molecule has 0 fully saturated rings. The molecule has 0 saturated carbocycles. The highest BCUT2D eigenvalue weighted by molar-refractivity contribution is 6.74. The van der Waals surface area contributed by atoms with Crippen LogP contribution < -0.4 is 4.74 Å². The van der Waals surface area contributed by atoms with Crippen LogP contribution in [-0.2, 0) is 15.8 Å². The van der Waals surface area contributed by atoms with Gasteiger partial charge < -0.3 is 13.9 Å². The zero-order chi connectivity index (χ0) is 20.0. The molecule has 0 spiro atoms. The number of rotatable bonds is 10. The lowest BCUT2D eigenvalue weighted by atomic mass is 9.94. The Kier molecular flexibility index (Phi) is 8.58. The summed E-state index contributed by atoms with van der Waals surface area (Å²) in [5.41, 5.74) is 1.14. The van der Waals surface area contributed by atoms with Crippen LogP contribution in [-0.4, -0.2) is 28.1 Å². The molecular formula is C22H38O3Si. The zero-order valence-electron chi connectivity index (χ0n) is 18.0.